The third-order valence-electron chi connectivity index (χ3n) is 3.92. The third kappa shape index (κ3) is 6.17. The molecule has 0 bridgehead atoms. The summed E-state index contributed by atoms with van der Waals surface area (Å²) in [6, 6.07) is 0.923. The van der Waals surface area contributed by atoms with Crippen molar-refractivity contribution in [1.82, 2.24) is 10.2 Å². The first-order valence-electron chi connectivity index (χ1n) is 7.10. The molecule has 0 aromatic rings. The van der Waals surface area contributed by atoms with Crippen molar-refractivity contribution in [1.29, 1.82) is 0 Å². The van der Waals surface area contributed by atoms with E-state index in [1.54, 1.807) is 0 Å². The van der Waals surface area contributed by atoms with E-state index in [9.17, 15) is 5.11 Å². The molecule has 0 heterocycles. The number of nitrogens with zero attached hydrogens (tertiary/aromatic N) is 1. The zero-order valence-electron chi connectivity index (χ0n) is 13.7. The SMILES string of the molecule is CC(C)NC(C)(CO)CCN(C)C(C)C(C)(C)C. The van der Waals surface area contributed by atoms with Gasteiger partial charge in [-0.1, -0.05) is 34.6 Å². The lowest BCUT2D eigenvalue weighted by molar-refractivity contribution is 0.104. The minimum Gasteiger partial charge on any atom is -0.394 e. The monoisotopic (exact) mass is 258 g/mol. The highest BCUT2D eigenvalue weighted by Gasteiger charge is 2.28. The average Bonchev–Trinajstić information content (AvgIpc) is 2.22. The predicted octanol–water partition coefficient (Wildman–Crippen LogP) is 2.49. The first-order chi connectivity index (χ1) is 8.02. The van der Waals surface area contributed by atoms with E-state index in [0.29, 0.717) is 12.1 Å². The number of hydrogen-bond donors (Lipinski definition) is 2. The predicted molar refractivity (Wildman–Crippen MR) is 79.9 cm³/mol. The summed E-state index contributed by atoms with van der Waals surface area (Å²) in [6.45, 7) is 16.6. The number of aliphatic hydroxyl groups is 1. The van der Waals surface area contributed by atoms with Crippen LogP contribution in [0.15, 0.2) is 0 Å². The molecule has 0 fully saturated rings. The third-order valence-corrected chi connectivity index (χ3v) is 3.92. The standard InChI is InChI=1S/C15H34N2O/c1-12(2)16-15(7,11-18)9-10-17(8)13(3)14(4,5)6/h12-13,16,18H,9-11H2,1-8H3. The molecule has 0 aromatic heterocycles. The zero-order valence-corrected chi connectivity index (χ0v) is 13.7. The van der Waals surface area contributed by atoms with Crippen LogP contribution in [0.3, 0.4) is 0 Å². The van der Waals surface area contributed by atoms with Gasteiger partial charge in [-0.05, 0) is 39.3 Å². The van der Waals surface area contributed by atoms with Crippen LogP contribution < -0.4 is 5.32 Å². The Morgan fingerprint density at radius 2 is 1.61 bits per heavy atom. The lowest BCUT2D eigenvalue weighted by atomic mass is 9.86. The number of aliphatic hydroxyl groups excluding tert-OH is 1. The molecule has 110 valence electrons. The highest BCUT2D eigenvalue weighted by molar-refractivity contribution is 4.86. The fraction of sp³-hybridized carbons (Fsp3) is 1.00. The van der Waals surface area contributed by atoms with Crippen LogP contribution in [0.1, 0.15) is 54.9 Å². The molecular formula is C15H34N2O. The van der Waals surface area contributed by atoms with Crippen molar-refractivity contribution in [2.24, 2.45) is 5.41 Å². The van der Waals surface area contributed by atoms with Gasteiger partial charge >= 0.3 is 0 Å². The Balaban J connectivity index is 4.37. The Hall–Kier alpha value is -0.120. The summed E-state index contributed by atoms with van der Waals surface area (Å²) in [5, 5.41) is 13.0. The molecule has 0 aliphatic rings. The van der Waals surface area contributed by atoms with Crippen molar-refractivity contribution < 1.29 is 5.11 Å². The van der Waals surface area contributed by atoms with Crippen molar-refractivity contribution >= 4 is 0 Å². The average molecular weight is 258 g/mol. The molecule has 0 spiro atoms. The van der Waals surface area contributed by atoms with Crippen molar-refractivity contribution in [2.75, 3.05) is 20.2 Å². The smallest absolute Gasteiger partial charge is 0.0611 e. The summed E-state index contributed by atoms with van der Waals surface area (Å²) in [7, 11) is 2.17. The molecule has 0 aromatic carbocycles. The van der Waals surface area contributed by atoms with Gasteiger partial charge in [0.25, 0.3) is 0 Å². The lowest BCUT2D eigenvalue weighted by Crippen LogP contribution is -2.51. The van der Waals surface area contributed by atoms with Gasteiger partial charge in [-0.15, -0.1) is 0 Å². The van der Waals surface area contributed by atoms with Gasteiger partial charge < -0.3 is 15.3 Å². The first kappa shape index (κ1) is 17.9. The molecular weight excluding hydrogens is 224 g/mol. The number of rotatable bonds is 7. The molecule has 0 radical (unpaired) electrons. The van der Waals surface area contributed by atoms with Crippen LogP contribution in [0.25, 0.3) is 0 Å². The van der Waals surface area contributed by atoms with Gasteiger partial charge in [0.2, 0.25) is 0 Å². The van der Waals surface area contributed by atoms with Crippen molar-refractivity contribution in [3.8, 4) is 0 Å². The van der Waals surface area contributed by atoms with E-state index in [4.69, 9.17) is 0 Å². The molecule has 18 heavy (non-hydrogen) atoms. The van der Waals surface area contributed by atoms with Crippen LogP contribution in [0.4, 0.5) is 0 Å². The topological polar surface area (TPSA) is 35.5 Å². The highest BCUT2D eigenvalue weighted by atomic mass is 16.3. The Morgan fingerprint density at radius 3 is 1.94 bits per heavy atom. The molecule has 0 amide bonds. The molecule has 0 saturated carbocycles. The largest absolute Gasteiger partial charge is 0.394 e. The highest BCUT2D eigenvalue weighted by Crippen LogP contribution is 2.23. The molecule has 2 unspecified atom stereocenters. The van der Waals surface area contributed by atoms with Gasteiger partial charge in [0.15, 0.2) is 0 Å². The fourth-order valence-corrected chi connectivity index (χ4v) is 2.17. The molecule has 2 N–H and O–H groups in total. The van der Waals surface area contributed by atoms with Crippen LogP contribution >= 0.6 is 0 Å². The number of hydrogen-bond acceptors (Lipinski definition) is 3. The summed E-state index contributed by atoms with van der Waals surface area (Å²) >= 11 is 0. The van der Waals surface area contributed by atoms with Gasteiger partial charge in [0.1, 0.15) is 0 Å². The first-order valence-corrected chi connectivity index (χ1v) is 7.10. The van der Waals surface area contributed by atoms with E-state index < -0.39 is 0 Å². The molecule has 0 rings (SSSR count). The molecule has 2 atom stereocenters. The maximum absolute atomic E-state index is 9.56. The van der Waals surface area contributed by atoms with Crippen LogP contribution in [-0.2, 0) is 0 Å². The van der Waals surface area contributed by atoms with Crippen molar-refractivity contribution in [2.45, 2.75) is 72.5 Å². The van der Waals surface area contributed by atoms with Gasteiger partial charge in [0.05, 0.1) is 6.61 Å². The zero-order chi connectivity index (χ0) is 14.6. The maximum Gasteiger partial charge on any atom is 0.0611 e. The second-order valence-electron chi connectivity index (χ2n) is 7.29. The van der Waals surface area contributed by atoms with Crippen molar-refractivity contribution in [3.63, 3.8) is 0 Å². The molecule has 0 saturated heterocycles. The van der Waals surface area contributed by atoms with E-state index in [1.165, 1.54) is 0 Å². The second kappa shape index (κ2) is 6.88. The molecule has 3 nitrogen and oxygen atoms in total. The maximum atomic E-state index is 9.56. The Bertz CT molecular complexity index is 235. The van der Waals surface area contributed by atoms with Gasteiger partial charge in [-0.25, -0.2) is 0 Å². The van der Waals surface area contributed by atoms with E-state index in [1.807, 2.05) is 0 Å². The van der Waals surface area contributed by atoms with Crippen LogP contribution in [-0.4, -0.2) is 47.8 Å². The van der Waals surface area contributed by atoms with Crippen LogP contribution in [0, 0.1) is 5.41 Å². The Morgan fingerprint density at radius 1 is 1.11 bits per heavy atom. The van der Waals surface area contributed by atoms with Crippen LogP contribution in [0.5, 0.6) is 0 Å². The Kier molecular flexibility index (Phi) is 6.83. The fourth-order valence-electron chi connectivity index (χ4n) is 2.17. The van der Waals surface area contributed by atoms with Crippen molar-refractivity contribution in [3.05, 3.63) is 0 Å². The lowest BCUT2D eigenvalue weighted by Gasteiger charge is -2.38. The van der Waals surface area contributed by atoms with E-state index in [2.05, 4.69) is 65.7 Å². The minimum absolute atomic E-state index is 0.181. The van der Waals surface area contributed by atoms with E-state index in [0.717, 1.165) is 13.0 Å². The summed E-state index contributed by atoms with van der Waals surface area (Å²) in [5.41, 5.74) is 0.107. The van der Waals surface area contributed by atoms with Gasteiger partial charge in [0, 0.05) is 17.6 Å². The summed E-state index contributed by atoms with van der Waals surface area (Å²) < 4.78 is 0. The van der Waals surface area contributed by atoms with Crippen LogP contribution in [0.2, 0.25) is 0 Å². The van der Waals surface area contributed by atoms with Gasteiger partial charge in [-0.3, -0.25) is 0 Å². The summed E-state index contributed by atoms with van der Waals surface area (Å²) in [5.74, 6) is 0. The van der Waals surface area contributed by atoms with E-state index >= 15 is 0 Å². The second-order valence-corrected chi connectivity index (χ2v) is 7.29. The normalized spacial score (nSPS) is 18.2. The Labute approximate surface area is 114 Å². The summed E-state index contributed by atoms with van der Waals surface area (Å²) in [6.07, 6.45) is 0.957. The minimum atomic E-state index is -0.181. The quantitative estimate of drug-likeness (QED) is 0.736. The molecule has 0 aliphatic carbocycles. The number of nitrogens with one attached hydrogen (secondary N) is 1. The summed E-state index contributed by atoms with van der Waals surface area (Å²) in [4.78, 5) is 2.38. The van der Waals surface area contributed by atoms with Gasteiger partial charge in [-0.2, -0.15) is 0 Å². The molecule has 0 aliphatic heterocycles. The molecule has 3 heteroatoms. The van der Waals surface area contributed by atoms with E-state index in [-0.39, 0.29) is 17.6 Å².